The molecule has 2 aromatic rings. The Morgan fingerprint density at radius 2 is 1.90 bits per heavy atom. The molecule has 1 N–H and O–H groups in total. The van der Waals surface area contributed by atoms with Gasteiger partial charge in [0.05, 0.1) is 6.61 Å². The van der Waals surface area contributed by atoms with Crippen molar-refractivity contribution in [3.8, 4) is 17.6 Å². The van der Waals surface area contributed by atoms with Crippen LogP contribution in [-0.4, -0.2) is 11.7 Å². The van der Waals surface area contributed by atoms with Gasteiger partial charge in [0.15, 0.2) is 0 Å². The minimum absolute atomic E-state index is 0.0124. The van der Waals surface area contributed by atoms with Gasteiger partial charge in [0.2, 0.25) is 0 Å². The Hall–Kier alpha value is -2.31. The Labute approximate surface area is 117 Å². The molecule has 2 nitrogen and oxygen atoms in total. The van der Waals surface area contributed by atoms with E-state index in [-0.39, 0.29) is 19.0 Å². The molecular formula is C17H15FO2. The van der Waals surface area contributed by atoms with Crippen LogP contribution in [0.25, 0.3) is 0 Å². The summed E-state index contributed by atoms with van der Waals surface area (Å²) in [5.74, 6) is 5.93. The summed E-state index contributed by atoms with van der Waals surface area (Å²) in [7, 11) is 0. The van der Waals surface area contributed by atoms with Crippen LogP contribution in [0.1, 0.15) is 17.5 Å². The van der Waals surface area contributed by atoms with Crippen LogP contribution in [0.5, 0.6) is 5.75 Å². The molecule has 102 valence electrons. The molecular weight excluding hydrogens is 255 g/mol. The van der Waals surface area contributed by atoms with E-state index in [1.54, 1.807) is 12.1 Å². The van der Waals surface area contributed by atoms with Gasteiger partial charge in [-0.2, -0.15) is 0 Å². The molecule has 0 aliphatic carbocycles. The van der Waals surface area contributed by atoms with Gasteiger partial charge >= 0.3 is 0 Å². The van der Waals surface area contributed by atoms with Crippen molar-refractivity contribution < 1.29 is 14.2 Å². The Morgan fingerprint density at radius 1 is 1.10 bits per heavy atom. The van der Waals surface area contributed by atoms with E-state index in [0.29, 0.717) is 23.3 Å². The molecule has 2 aromatic carbocycles. The zero-order valence-corrected chi connectivity index (χ0v) is 11.0. The van der Waals surface area contributed by atoms with Gasteiger partial charge in [-0.1, -0.05) is 36.1 Å². The van der Waals surface area contributed by atoms with Gasteiger partial charge in [0.25, 0.3) is 0 Å². The fourth-order valence-electron chi connectivity index (χ4n) is 1.64. The number of hydrogen-bond donors (Lipinski definition) is 1. The Bertz CT molecular complexity index is 612. The number of benzene rings is 2. The van der Waals surface area contributed by atoms with Gasteiger partial charge in [0, 0.05) is 17.5 Å². The van der Waals surface area contributed by atoms with Crippen LogP contribution < -0.4 is 4.74 Å². The average Bonchev–Trinajstić information content (AvgIpc) is 2.48. The van der Waals surface area contributed by atoms with Gasteiger partial charge in [-0.3, -0.25) is 0 Å². The monoisotopic (exact) mass is 270 g/mol. The van der Waals surface area contributed by atoms with Crippen LogP contribution in [0.15, 0.2) is 48.5 Å². The summed E-state index contributed by atoms with van der Waals surface area (Å²) < 4.78 is 19.4. The van der Waals surface area contributed by atoms with E-state index < -0.39 is 0 Å². The highest BCUT2D eigenvalue weighted by Gasteiger charge is 2.03. The first-order valence-corrected chi connectivity index (χ1v) is 6.35. The number of rotatable bonds is 4. The Morgan fingerprint density at radius 3 is 2.60 bits per heavy atom. The minimum atomic E-state index is -0.336. The fourth-order valence-corrected chi connectivity index (χ4v) is 1.64. The minimum Gasteiger partial charge on any atom is -0.489 e. The van der Waals surface area contributed by atoms with E-state index in [1.165, 1.54) is 6.07 Å². The third-order valence-electron chi connectivity index (χ3n) is 2.66. The van der Waals surface area contributed by atoms with E-state index in [1.807, 2.05) is 30.3 Å². The molecule has 2 rings (SSSR count). The van der Waals surface area contributed by atoms with Crippen LogP contribution in [0.2, 0.25) is 0 Å². The highest BCUT2D eigenvalue weighted by Crippen LogP contribution is 2.15. The lowest BCUT2D eigenvalue weighted by molar-refractivity contribution is 0.300. The number of aliphatic hydroxyl groups excluding tert-OH is 1. The lowest BCUT2D eigenvalue weighted by Gasteiger charge is -2.07. The van der Waals surface area contributed by atoms with E-state index in [9.17, 15) is 4.39 Å². The lowest BCUT2D eigenvalue weighted by atomic mass is 10.1. The fraction of sp³-hybridized carbons (Fsp3) is 0.176. The maximum Gasteiger partial charge on any atom is 0.131 e. The summed E-state index contributed by atoms with van der Waals surface area (Å²) in [5, 5.41) is 8.63. The van der Waals surface area contributed by atoms with Gasteiger partial charge in [-0.15, -0.1) is 0 Å². The summed E-state index contributed by atoms with van der Waals surface area (Å²) in [6.45, 7) is 0.193. The van der Waals surface area contributed by atoms with Crippen molar-refractivity contribution in [2.45, 2.75) is 13.0 Å². The SMILES string of the molecule is OCCC#Cc1ccc(COc2ccccc2)c(F)c1. The third-order valence-corrected chi connectivity index (χ3v) is 2.66. The molecule has 0 bridgehead atoms. The number of halogens is 1. The molecule has 0 amide bonds. The standard InChI is InChI=1S/C17H15FO2/c18-17-12-14(6-4-5-11-19)9-10-15(17)13-20-16-7-2-1-3-8-16/h1-3,7-10,12,19H,5,11,13H2. The van der Waals surface area contributed by atoms with Crippen molar-refractivity contribution in [3.05, 3.63) is 65.5 Å². The van der Waals surface area contributed by atoms with Crippen LogP contribution in [-0.2, 0) is 6.61 Å². The molecule has 3 heteroatoms. The van der Waals surface area contributed by atoms with Crippen LogP contribution >= 0.6 is 0 Å². The first kappa shape index (κ1) is 14.1. The molecule has 0 aromatic heterocycles. The molecule has 0 unspecified atom stereocenters. The summed E-state index contributed by atoms with van der Waals surface area (Å²) in [4.78, 5) is 0. The smallest absolute Gasteiger partial charge is 0.131 e. The second-order valence-corrected chi connectivity index (χ2v) is 4.18. The van der Waals surface area contributed by atoms with Crippen molar-refractivity contribution in [1.29, 1.82) is 0 Å². The second kappa shape index (κ2) is 7.32. The van der Waals surface area contributed by atoms with Crippen molar-refractivity contribution in [1.82, 2.24) is 0 Å². The summed E-state index contributed by atoms with van der Waals surface area (Å²) in [6, 6.07) is 14.1. The van der Waals surface area contributed by atoms with Crippen molar-refractivity contribution >= 4 is 0 Å². The summed E-state index contributed by atoms with van der Waals surface area (Å²) in [6.07, 6.45) is 0.389. The second-order valence-electron chi connectivity index (χ2n) is 4.18. The third kappa shape index (κ3) is 4.11. The van der Waals surface area contributed by atoms with E-state index in [2.05, 4.69) is 11.8 Å². The molecule has 0 saturated carbocycles. The van der Waals surface area contributed by atoms with Crippen LogP contribution in [0.4, 0.5) is 4.39 Å². The largest absolute Gasteiger partial charge is 0.489 e. The van der Waals surface area contributed by atoms with Crippen LogP contribution in [0, 0.1) is 17.7 Å². The number of para-hydroxylation sites is 1. The lowest BCUT2D eigenvalue weighted by Crippen LogP contribution is -1.98. The predicted octanol–water partition coefficient (Wildman–Crippen LogP) is 3.14. The predicted molar refractivity (Wildman–Crippen MR) is 75.8 cm³/mol. The molecule has 0 radical (unpaired) electrons. The highest BCUT2D eigenvalue weighted by molar-refractivity contribution is 5.37. The normalized spacial score (nSPS) is 9.70. The number of aliphatic hydroxyl groups is 1. The molecule has 0 heterocycles. The first-order chi connectivity index (χ1) is 9.79. The summed E-state index contributed by atoms with van der Waals surface area (Å²) in [5.41, 5.74) is 1.08. The van der Waals surface area contributed by atoms with Gasteiger partial charge in [-0.25, -0.2) is 4.39 Å². The average molecular weight is 270 g/mol. The van der Waals surface area contributed by atoms with Crippen molar-refractivity contribution in [2.24, 2.45) is 0 Å². The van der Waals surface area contributed by atoms with Crippen LogP contribution in [0.3, 0.4) is 0 Å². The first-order valence-electron chi connectivity index (χ1n) is 6.35. The molecule has 0 aliphatic heterocycles. The zero-order chi connectivity index (χ0) is 14.2. The molecule has 0 spiro atoms. The van der Waals surface area contributed by atoms with Gasteiger partial charge in [-0.05, 0) is 24.3 Å². The maximum absolute atomic E-state index is 13.9. The van der Waals surface area contributed by atoms with E-state index in [0.717, 1.165) is 0 Å². The van der Waals surface area contributed by atoms with Crippen molar-refractivity contribution in [3.63, 3.8) is 0 Å². The Balaban J connectivity index is 2.01. The van der Waals surface area contributed by atoms with E-state index >= 15 is 0 Å². The van der Waals surface area contributed by atoms with Gasteiger partial charge in [0.1, 0.15) is 18.2 Å². The molecule has 0 saturated heterocycles. The molecule has 20 heavy (non-hydrogen) atoms. The molecule has 0 aliphatic rings. The number of ether oxygens (including phenoxy) is 1. The highest BCUT2D eigenvalue weighted by atomic mass is 19.1. The molecule has 0 atom stereocenters. The van der Waals surface area contributed by atoms with Gasteiger partial charge < -0.3 is 9.84 Å². The summed E-state index contributed by atoms with van der Waals surface area (Å²) >= 11 is 0. The number of hydrogen-bond acceptors (Lipinski definition) is 2. The van der Waals surface area contributed by atoms with Crippen molar-refractivity contribution in [2.75, 3.05) is 6.61 Å². The topological polar surface area (TPSA) is 29.5 Å². The Kier molecular flexibility index (Phi) is 5.16. The van der Waals surface area contributed by atoms with E-state index in [4.69, 9.17) is 9.84 Å². The quantitative estimate of drug-likeness (QED) is 0.865. The molecule has 0 fully saturated rings. The maximum atomic E-state index is 13.9. The zero-order valence-electron chi connectivity index (χ0n) is 11.0.